The Bertz CT molecular complexity index is 1260. The van der Waals surface area contributed by atoms with Gasteiger partial charge < -0.3 is 15.2 Å². The largest absolute Gasteiger partial charge is 0.342 e. The number of rotatable bonds is 10. The summed E-state index contributed by atoms with van der Waals surface area (Å²) in [6.07, 6.45) is 1.69. The second-order valence-electron chi connectivity index (χ2n) is 7.89. The van der Waals surface area contributed by atoms with E-state index in [-0.39, 0.29) is 23.3 Å². The molecule has 3 rings (SSSR count). The third-order valence-corrected chi connectivity index (χ3v) is 6.10. The molecular formula is C24H26N6O4S. The number of thioether (sulfide) groups is 1. The number of aryl methyl sites for hydroxylation is 2. The van der Waals surface area contributed by atoms with Crippen LogP contribution in [0, 0.1) is 24.0 Å². The van der Waals surface area contributed by atoms with Crippen LogP contribution in [0.25, 0.3) is 0 Å². The van der Waals surface area contributed by atoms with Crippen LogP contribution >= 0.6 is 11.8 Å². The molecule has 2 amide bonds. The van der Waals surface area contributed by atoms with E-state index in [2.05, 4.69) is 27.4 Å². The molecule has 35 heavy (non-hydrogen) atoms. The molecular weight excluding hydrogens is 468 g/mol. The van der Waals surface area contributed by atoms with E-state index >= 15 is 0 Å². The summed E-state index contributed by atoms with van der Waals surface area (Å²) < 4.78 is 1.79. The number of carbonyl (C=O) groups is 2. The molecule has 0 saturated carbocycles. The van der Waals surface area contributed by atoms with Crippen molar-refractivity contribution in [3.63, 3.8) is 0 Å². The summed E-state index contributed by atoms with van der Waals surface area (Å²) in [6.45, 7) is 9.63. The van der Waals surface area contributed by atoms with E-state index < -0.39 is 11.0 Å². The Hall–Kier alpha value is -3.99. The molecule has 11 heteroatoms. The highest BCUT2D eigenvalue weighted by Crippen LogP contribution is 2.24. The number of amides is 2. The molecule has 2 aromatic carbocycles. The second-order valence-corrected chi connectivity index (χ2v) is 8.84. The summed E-state index contributed by atoms with van der Waals surface area (Å²) in [5, 5.41) is 25.5. The lowest BCUT2D eigenvalue weighted by atomic mass is 10.1. The molecule has 1 atom stereocenters. The van der Waals surface area contributed by atoms with Gasteiger partial charge in [0.25, 0.3) is 11.6 Å². The fourth-order valence-electron chi connectivity index (χ4n) is 3.30. The molecule has 10 nitrogen and oxygen atoms in total. The molecule has 182 valence electrons. The number of carbonyl (C=O) groups excluding carboxylic acids is 2. The van der Waals surface area contributed by atoms with Crippen molar-refractivity contribution < 1.29 is 14.5 Å². The van der Waals surface area contributed by atoms with Crippen molar-refractivity contribution in [1.82, 2.24) is 20.1 Å². The maximum Gasteiger partial charge on any atom is 0.269 e. The molecule has 0 aliphatic carbocycles. The first-order valence-corrected chi connectivity index (χ1v) is 11.8. The highest BCUT2D eigenvalue weighted by atomic mass is 32.2. The van der Waals surface area contributed by atoms with Gasteiger partial charge in [-0.2, -0.15) is 0 Å². The average Bonchev–Trinajstić information content (AvgIpc) is 3.22. The predicted octanol–water partition coefficient (Wildman–Crippen LogP) is 4.21. The topological polar surface area (TPSA) is 132 Å². The van der Waals surface area contributed by atoms with E-state index in [1.54, 1.807) is 29.7 Å². The predicted molar refractivity (Wildman–Crippen MR) is 134 cm³/mol. The quantitative estimate of drug-likeness (QED) is 0.187. The van der Waals surface area contributed by atoms with Gasteiger partial charge in [0.1, 0.15) is 0 Å². The smallest absolute Gasteiger partial charge is 0.269 e. The average molecular weight is 495 g/mol. The zero-order valence-electron chi connectivity index (χ0n) is 19.6. The normalized spacial score (nSPS) is 11.5. The summed E-state index contributed by atoms with van der Waals surface area (Å²) in [5.41, 5.74) is 2.66. The van der Waals surface area contributed by atoms with Crippen molar-refractivity contribution in [1.29, 1.82) is 0 Å². The number of nitrogens with one attached hydrogen (secondary N) is 2. The maximum absolute atomic E-state index is 12.6. The fourth-order valence-corrected chi connectivity index (χ4v) is 4.05. The van der Waals surface area contributed by atoms with E-state index in [0.717, 1.165) is 5.56 Å². The minimum Gasteiger partial charge on any atom is -0.342 e. The standard InChI is InChI=1S/C24H26N6O4S/c1-5-12-29-22(17(4)25-23(32)18-8-6-15(2)7-9-18)27-28-24(29)35-14-21(31)26-20-11-10-19(30(33)34)13-16(20)3/h5-11,13,17H,1,12,14H2,2-4H3,(H,25,32)(H,26,31)/t17-/m1/s1. The Morgan fingerprint density at radius 2 is 1.91 bits per heavy atom. The van der Waals surface area contributed by atoms with Crippen LogP contribution in [0.3, 0.4) is 0 Å². The first-order valence-electron chi connectivity index (χ1n) is 10.8. The third-order valence-electron chi connectivity index (χ3n) is 5.13. The van der Waals surface area contributed by atoms with Crippen molar-refractivity contribution in [2.24, 2.45) is 0 Å². The molecule has 1 aromatic heterocycles. The molecule has 0 radical (unpaired) electrons. The van der Waals surface area contributed by atoms with Gasteiger partial charge in [-0.3, -0.25) is 19.7 Å². The van der Waals surface area contributed by atoms with Crippen molar-refractivity contribution in [2.75, 3.05) is 11.1 Å². The van der Waals surface area contributed by atoms with Crippen LogP contribution in [0.2, 0.25) is 0 Å². The molecule has 3 aromatic rings. The van der Waals surface area contributed by atoms with E-state index in [9.17, 15) is 19.7 Å². The summed E-state index contributed by atoms with van der Waals surface area (Å²) in [7, 11) is 0. The van der Waals surface area contributed by atoms with E-state index in [0.29, 0.717) is 34.3 Å². The number of allylic oxidation sites excluding steroid dienone is 1. The minimum atomic E-state index is -0.483. The summed E-state index contributed by atoms with van der Waals surface area (Å²) >= 11 is 1.19. The molecule has 2 N–H and O–H groups in total. The van der Waals surface area contributed by atoms with Gasteiger partial charge in [0, 0.05) is 29.9 Å². The molecule has 1 heterocycles. The van der Waals surface area contributed by atoms with E-state index in [4.69, 9.17) is 0 Å². The van der Waals surface area contributed by atoms with Gasteiger partial charge in [0.2, 0.25) is 5.91 Å². The van der Waals surface area contributed by atoms with Gasteiger partial charge >= 0.3 is 0 Å². The maximum atomic E-state index is 12.6. The summed E-state index contributed by atoms with van der Waals surface area (Å²) in [5.74, 6) is 0.0788. The van der Waals surface area contributed by atoms with Crippen LogP contribution in [0.15, 0.2) is 60.3 Å². The Morgan fingerprint density at radius 3 is 2.54 bits per heavy atom. The van der Waals surface area contributed by atoms with Crippen LogP contribution in [0.5, 0.6) is 0 Å². The molecule has 0 bridgehead atoms. The van der Waals surface area contributed by atoms with Crippen LogP contribution in [-0.4, -0.2) is 37.3 Å². The van der Waals surface area contributed by atoms with E-state index in [1.807, 2.05) is 26.0 Å². The number of anilines is 1. The highest BCUT2D eigenvalue weighted by molar-refractivity contribution is 7.99. The van der Waals surface area contributed by atoms with Gasteiger partial charge in [-0.05, 0) is 44.5 Å². The zero-order valence-corrected chi connectivity index (χ0v) is 20.5. The highest BCUT2D eigenvalue weighted by Gasteiger charge is 2.21. The van der Waals surface area contributed by atoms with Gasteiger partial charge in [0.15, 0.2) is 11.0 Å². The third kappa shape index (κ3) is 6.54. The van der Waals surface area contributed by atoms with E-state index in [1.165, 1.54) is 30.0 Å². The van der Waals surface area contributed by atoms with Crippen LogP contribution in [0.4, 0.5) is 11.4 Å². The van der Waals surface area contributed by atoms with Crippen LogP contribution in [0.1, 0.15) is 40.3 Å². The molecule has 0 spiro atoms. The van der Waals surface area contributed by atoms with Gasteiger partial charge in [-0.25, -0.2) is 0 Å². The number of aromatic nitrogens is 3. The monoisotopic (exact) mass is 494 g/mol. The molecule has 0 fully saturated rings. The Morgan fingerprint density at radius 1 is 1.20 bits per heavy atom. The molecule has 0 aliphatic rings. The van der Waals surface area contributed by atoms with Crippen LogP contribution < -0.4 is 10.6 Å². The Balaban J connectivity index is 1.66. The Labute approximate surface area is 207 Å². The SMILES string of the molecule is C=CCn1c(SCC(=O)Nc2ccc([N+](=O)[O-])cc2C)nnc1[C@@H](C)NC(=O)c1ccc(C)cc1. The molecule has 0 saturated heterocycles. The number of hydrogen-bond donors (Lipinski definition) is 2. The number of nitro groups is 1. The van der Waals surface area contributed by atoms with Gasteiger partial charge in [-0.15, -0.1) is 16.8 Å². The van der Waals surface area contributed by atoms with Gasteiger partial charge in [0.05, 0.1) is 16.7 Å². The summed E-state index contributed by atoms with van der Waals surface area (Å²) in [6, 6.07) is 11.1. The Kier molecular flexibility index (Phi) is 8.37. The first-order chi connectivity index (χ1) is 16.7. The molecule has 0 unspecified atom stereocenters. The van der Waals surface area contributed by atoms with Crippen LogP contribution in [-0.2, 0) is 11.3 Å². The van der Waals surface area contributed by atoms with Gasteiger partial charge in [-0.1, -0.05) is 35.5 Å². The van der Waals surface area contributed by atoms with Crippen molar-refractivity contribution in [3.05, 3.63) is 87.7 Å². The zero-order chi connectivity index (χ0) is 25.5. The lowest BCUT2D eigenvalue weighted by Crippen LogP contribution is -2.28. The summed E-state index contributed by atoms with van der Waals surface area (Å²) in [4.78, 5) is 35.5. The number of non-ortho nitro benzene ring substituents is 1. The lowest BCUT2D eigenvalue weighted by Gasteiger charge is -2.15. The van der Waals surface area contributed by atoms with Crippen molar-refractivity contribution in [3.8, 4) is 0 Å². The molecule has 0 aliphatic heterocycles. The number of hydrogen-bond acceptors (Lipinski definition) is 7. The number of benzene rings is 2. The first kappa shape index (κ1) is 25.6. The van der Waals surface area contributed by atoms with Crippen molar-refractivity contribution >= 4 is 35.0 Å². The number of nitro benzene ring substituents is 1. The fraction of sp³-hybridized carbons (Fsp3) is 0.250. The second kappa shape index (κ2) is 11.4. The lowest BCUT2D eigenvalue weighted by molar-refractivity contribution is -0.384. The van der Waals surface area contributed by atoms with Crippen molar-refractivity contribution in [2.45, 2.75) is 38.5 Å². The number of nitrogens with zero attached hydrogens (tertiary/aromatic N) is 4. The minimum absolute atomic E-state index is 0.0384.